The molecular weight excluding hydrogens is 396 g/mol. The van der Waals surface area contributed by atoms with Crippen LogP contribution in [0.15, 0.2) is 12.1 Å². The fraction of sp³-hybridized carbons (Fsp3) is 0.696. The third-order valence-corrected chi connectivity index (χ3v) is 5.81. The van der Waals surface area contributed by atoms with Crippen LogP contribution in [0.1, 0.15) is 64.1 Å². The van der Waals surface area contributed by atoms with Crippen molar-refractivity contribution in [2.75, 3.05) is 18.5 Å². The lowest BCUT2D eigenvalue weighted by atomic mass is 9.79. The molecule has 2 aliphatic rings. The number of carboxylic acid groups (broad SMARTS) is 1. The molecule has 4 N–H and O–H groups in total. The zero-order chi connectivity index (χ0) is 22.4. The lowest BCUT2D eigenvalue weighted by Crippen LogP contribution is -2.52. The minimum absolute atomic E-state index is 0.181. The maximum atomic E-state index is 11.9. The van der Waals surface area contributed by atoms with E-state index in [2.05, 4.69) is 28.1 Å². The van der Waals surface area contributed by atoms with Crippen molar-refractivity contribution in [1.82, 2.24) is 15.6 Å². The van der Waals surface area contributed by atoms with Gasteiger partial charge in [0.2, 0.25) is 0 Å². The normalized spacial score (nSPS) is 21.3. The zero-order valence-electron chi connectivity index (χ0n) is 18.9. The number of urea groups is 1. The third-order valence-electron chi connectivity index (χ3n) is 5.81. The van der Waals surface area contributed by atoms with Crippen molar-refractivity contribution in [3.05, 3.63) is 23.4 Å². The van der Waals surface area contributed by atoms with Crippen molar-refractivity contribution in [3.8, 4) is 0 Å². The van der Waals surface area contributed by atoms with E-state index in [0.717, 1.165) is 50.2 Å². The lowest BCUT2D eigenvalue weighted by Gasteiger charge is -2.35. The van der Waals surface area contributed by atoms with Crippen molar-refractivity contribution in [2.24, 2.45) is 5.92 Å². The highest BCUT2D eigenvalue weighted by atomic mass is 16.5. The van der Waals surface area contributed by atoms with Gasteiger partial charge in [-0.3, -0.25) is 0 Å². The first kappa shape index (κ1) is 23.3. The fourth-order valence-corrected chi connectivity index (χ4v) is 4.05. The molecule has 1 aromatic heterocycles. The smallest absolute Gasteiger partial charge is 0.326 e. The summed E-state index contributed by atoms with van der Waals surface area (Å²) in [5, 5.41) is 18.0. The Morgan fingerprint density at radius 1 is 1.32 bits per heavy atom. The number of carboxylic acids is 1. The van der Waals surface area contributed by atoms with Gasteiger partial charge in [0, 0.05) is 30.8 Å². The third kappa shape index (κ3) is 7.38. The number of anilines is 1. The maximum absolute atomic E-state index is 11.9. The van der Waals surface area contributed by atoms with Gasteiger partial charge >= 0.3 is 12.0 Å². The van der Waals surface area contributed by atoms with Crippen LogP contribution in [-0.4, -0.2) is 52.9 Å². The minimum atomic E-state index is -1.05. The van der Waals surface area contributed by atoms with Gasteiger partial charge in [-0.05, 0) is 76.8 Å². The van der Waals surface area contributed by atoms with E-state index in [4.69, 9.17) is 9.72 Å². The standard InChI is InChI=1S/C23H36N4O4/c1-23(2,3)27-22(30)26-19(21(28)29)10-12-31-18-13-15(14-18)6-8-17-9-7-16-5-4-11-24-20(16)25-17/h7,9,15,18-19H,4-6,8,10-14H2,1-3H3,(H,24,25)(H,28,29)(H2,26,27,30)/t15-,18-,19-/m0/s1. The Hall–Kier alpha value is -2.35. The second kappa shape index (κ2) is 10.3. The number of hydrogen-bond donors (Lipinski definition) is 4. The van der Waals surface area contributed by atoms with Crippen LogP contribution in [0.4, 0.5) is 10.6 Å². The summed E-state index contributed by atoms with van der Waals surface area (Å²) in [7, 11) is 0. The van der Waals surface area contributed by atoms with Gasteiger partial charge in [-0.25, -0.2) is 14.6 Å². The minimum Gasteiger partial charge on any atom is -0.480 e. The Bertz CT molecular complexity index is 771. The van der Waals surface area contributed by atoms with E-state index in [9.17, 15) is 14.7 Å². The number of nitrogens with zero attached hydrogens (tertiary/aromatic N) is 1. The average molecular weight is 433 g/mol. The Morgan fingerprint density at radius 2 is 2.10 bits per heavy atom. The summed E-state index contributed by atoms with van der Waals surface area (Å²) in [6.07, 6.45) is 6.78. The second-order valence-corrected chi connectivity index (χ2v) is 9.74. The van der Waals surface area contributed by atoms with E-state index in [1.165, 1.54) is 12.0 Å². The van der Waals surface area contributed by atoms with Crippen LogP contribution in [0.3, 0.4) is 0 Å². The van der Waals surface area contributed by atoms with Gasteiger partial charge in [0.1, 0.15) is 11.9 Å². The number of nitrogens with one attached hydrogen (secondary N) is 3. The molecule has 8 nitrogen and oxygen atoms in total. The molecule has 172 valence electrons. The summed E-state index contributed by atoms with van der Waals surface area (Å²) in [5.41, 5.74) is 2.04. The predicted octanol–water partition coefficient (Wildman–Crippen LogP) is 3.11. The lowest BCUT2D eigenvalue weighted by molar-refractivity contribution is -0.140. The van der Waals surface area contributed by atoms with E-state index >= 15 is 0 Å². The van der Waals surface area contributed by atoms with Gasteiger partial charge < -0.3 is 25.8 Å². The van der Waals surface area contributed by atoms with E-state index in [-0.39, 0.29) is 12.5 Å². The molecule has 1 fully saturated rings. The number of carbonyl (C=O) groups is 2. The van der Waals surface area contributed by atoms with E-state index in [0.29, 0.717) is 12.5 Å². The molecule has 0 radical (unpaired) electrons. The first-order chi connectivity index (χ1) is 14.7. The highest BCUT2D eigenvalue weighted by Crippen LogP contribution is 2.34. The highest BCUT2D eigenvalue weighted by Gasteiger charge is 2.30. The van der Waals surface area contributed by atoms with Crippen molar-refractivity contribution in [1.29, 1.82) is 0 Å². The zero-order valence-corrected chi connectivity index (χ0v) is 18.9. The molecule has 0 unspecified atom stereocenters. The van der Waals surface area contributed by atoms with Crippen LogP contribution in [0.25, 0.3) is 0 Å². The number of aromatic nitrogens is 1. The number of aliphatic carboxylic acids is 1. The molecule has 3 rings (SSSR count). The van der Waals surface area contributed by atoms with Crippen LogP contribution in [0.2, 0.25) is 0 Å². The van der Waals surface area contributed by atoms with Crippen LogP contribution in [0.5, 0.6) is 0 Å². The van der Waals surface area contributed by atoms with Gasteiger partial charge in [-0.2, -0.15) is 0 Å². The molecule has 1 saturated carbocycles. The molecule has 2 amide bonds. The summed E-state index contributed by atoms with van der Waals surface area (Å²) in [6, 6.07) is 2.91. The highest BCUT2D eigenvalue weighted by molar-refractivity contribution is 5.82. The van der Waals surface area contributed by atoms with Crippen LogP contribution < -0.4 is 16.0 Å². The molecule has 1 atom stereocenters. The van der Waals surface area contributed by atoms with Gasteiger partial charge in [-0.15, -0.1) is 0 Å². The quantitative estimate of drug-likeness (QED) is 0.477. The Morgan fingerprint density at radius 3 is 2.81 bits per heavy atom. The maximum Gasteiger partial charge on any atom is 0.326 e. The number of amides is 2. The molecular formula is C23H36N4O4. The summed E-state index contributed by atoms with van der Waals surface area (Å²) in [4.78, 5) is 28.1. The van der Waals surface area contributed by atoms with Gasteiger partial charge in [0.25, 0.3) is 0 Å². The summed E-state index contributed by atoms with van der Waals surface area (Å²) in [5.74, 6) is 0.629. The Kier molecular flexibility index (Phi) is 7.75. The molecule has 2 heterocycles. The predicted molar refractivity (Wildman–Crippen MR) is 119 cm³/mol. The average Bonchev–Trinajstić information content (AvgIpc) is 2.66. The molecule has 0 bridgehead atoms. The van der Waals surface area contributed by atoms with Gasteiger partial charge in [0.15, 0.2) is 0 Å². The van der Waals surface area contributed by atoms with Crippen LogP contribution in [-0.2, 0) is 22.4 Å². The topological polar surface area (TPSA) is 113 Å². The summed E-state index contributed by atoms with van der Waals surface area (Å²) in [6.45, 7) is 6.86. The molecule has 1 aliphatic carbocycles. The molecule has 8 heteroatoms. The first-order valence-corrected chi connectivity index (χ1v) is 11.4. The number of carbonyl (C=O) groups excluding carboxylic acids is 1. The first-order valence-electron chi connectivity index (χ1n) is 11.4. The van der Waals surface area contributed by atoms with Crippen molar-refractivity contribution in [3.63, 3.8) is 0 Å². The summed E-state index contributed by atoms with van der Waals surface area (Å²) < 4.78 is 5.84. The SMILES string of the molecule is CC(C)(C)NC(=O)N[C@@H](CCO[C@H]1C[C@H](CCc2ccc3c(n2)NCCC3)C1)C(=O)O. The number of aryl methyl sites for hydroxylation is 2. The molecule has 1 aliphatic heterocycles. The Labute approximate surface area is 184 Å². The number of rotatable bonds is 9. The number of pyridine rings is 1. The van der Waals surface area contributed by atoms with E-state index < -0.39 is 23.6 Å². The number of ether oxygens (including phenoxy) is 1. The van der Waals surface area contributed by atoms with E-state index in [1.807, 2.05) is 20.8 Å². The number of fused-ring (bicyclic) bond motifs is 1. The van der Waals surface area contributed by atoms with Crippen molar-refractivity contribution >= 4 is 17.8 Å². The van der Waals surface area contributed by atoms with Gasteiger partial charge in [-0.1, -0.05) is 6.07 Å². The van der Waals surface area contributed by atoms with Gasteiger partial charge in [0.05, 0.1) is 6.10 Å². The molecule has 1 aromatic rings. The van der Waals surface area contributed by atoms with Crippen LogP contribution >= 0.6 is 0 Å². The van der Waals surface area contributed by atoms with Crippen molar-refractivity contribution in [2.45, 2.75) is 83.4 Å². The van der Waals surface area contributed by atoms with Crippen LogP contribution in [0, 0.1) is 5.92 Å². The molecule has 0 aromatic carbocycles. The summed E-state index contributed by atoms with van der Waals surface area (Å²) >= 11 is 0. The van der Waals surface area contributed by atoms with E-state index in [1.54, 1.807) is 0 Å². The fourth-order valence-electron chi connectivity index (χ4n) is 4.05. The molecule has 0 saturated heterocycles. The molecule has 0 spiro atoms. The molecule has 31 heavy (non-hydrogen) atoms. The Balaban J connectivity index is 1.31. The van der Waals surface area contributed by atoms with Crippen molar-refractivity contribution < 1.29 is 19.4 Å². The second-order valence-electron chi connectivity index (χ2n) is 9.74. The largest absolute Gasteiger partial charge is 0.480 e. The monoisotopic (exact) mass is 432 g/mol. The number of hydrogen-bond acceptors (Lipinski definition) is 5.